The second kappa shape index (κ2) is 9.12. The van der Waals surface area contributed by atoms with Crippen LogP contribution in [0, 0.1) is 0 Å². The zero-order valence-corrected chi connectivity index (χ0v) is 19.9. The van der Waals surface area contributed by atoms with Crippen molar-refractivity contribution < 1.29 is 0 Å². The Labute approximate surface area is 182 Å². The van der Waals surface area contributed by atoms with Crippen LogP contribution in [0.15, 0.2) is 48.5 Å². The first-order valence-corrected chi connectivity index (χ1v) is 11.4. The largest absolute Gasteiger partial charge is 0.358 e. The van der Waals surface area contributed by atoms with Crippen LogP contribution in [0.1, 0.15) is 102 Å². The standard InChI is InChI=1S/2C14H19N/c2*1-9(2)13-11-7-5-6-8-12(11)15-14(13)10(3)4/h2*5-10,15H,1-4H3. The lowest BCUT2D eigenvalue weighted by Gasteiger charge is -2.10. The summed E-state index contributed by atoms with van der Waals surface area (Å²) < 4.78 is 0. The van der Waals surface area contributed by atoms with Crippen molar-refractivity contribution in [1.82, 2.24) is 9.97 Å². The molecule has 0 fully saturated rings. The second-order valence-corrected chi connectivity index (χ2v) is 9.61. The van der Waals surface area contributed by atoms with E-state index in [0.29, 0.717) is 23.7 Å². The normalized spacial score (nSPS) is 11.9. The molecule has 0 saturated heterocycles. The molecule has 4 aromatic rings. The Morgan fingerprint density at radius 3 is 1.10 bits per heavy atom. The maximum absolute atomic E-state index is 3.54. The van der Waals surface area contributed by atoms with Crippen molar-refractivity contribution in [2.24, 2.45) is 0 Å². The highest BCUT2D eigenvalue weighted by atomic mass is 14.7. The second-order valence-electron chi connectivity index (χ2n) is 9.61. The number of hydrogen-bond donors (Lipinski definition) is 2. The third-order valence-electron chi connectivity index (χ3n) is 5.86. The molecule has 0 atom stereocenters. The Morgan fingerprint density at radius 2 is 0.800 bits per heavy atom. The highest BCUT2D eigenvalue weighted by molar-refractivity contribution is 5.86. The van der Waals surface area contributed by atoms with Gasteiger partial charge in [-0.3, -0.25) is 0 Å². The minimum atomic E-state index is 0.565. The van der Waals surface area contributed by atoms with Crippen molar-refractivity contribution in [3.8, 4) is 0 Å². The Kier molecular flexibility index (Phi) is 6.75. The van der Waals surface area contributed by atoms with Gasteiger partial charge in [-0.25, -0.2) is 0 Å². The first kappa shape index (κ1) is 22.2. The zero-order valence-electron chi connectivity index (χ0n) is 19.9. The number of para-hydroxylation sites is 2. The number of benzene rings is 2. The monoisotopic (exact) mass is 402 g/mol. The van der Waals surface area contributed by atoms with Crippen LogP contribution in [0.25, 0.3) is 21.8 Å². The number of aromatic nitrogens is 2. The van der Waals surface area contributed by atoms with E-state index in [4.69, 9.17) is 0 Å². The van der Waals surface area contributed by atoms with Crippen molar-refractivity contribution in [2.75, 3.05) is 0 Å². The number of rotatable bonds is 4. The molecule has 0 amide bonds. The average molecular weight is 403 g/mol. The summed E-state index contributed by atoms with van der Waals surface area (Å²) in [4.78, 5) is 7.09. The molecule has 160 valence electrons. The topological polar surface area (TPSA) is 31.6 Å². The van der Waals surface area contributed by atoms with Crippen molar-refractivity contribution >= 4 is 21.8 Å². The fourth-order valence-corrected chi connectivity index (χ4v) is 4.52. The molecule has 2 heterocycles. The Morgan fingerprint density at radius 1 is 0.467 bits per heavy atom. The van der Waals surface area contributed by atoms with Gasteiger partial charge in [0.25, 0.3) is 0 Å². The first-order valence-electron chi connectivity index (χ1n) is 11.4. The van der Waals surface area contributed by atoms with E-state index in [1.807, 2.05) is 0 Å². The Bertz CT molecular complexity index is 1020. The molecular formula is C28H38N2. The molecule has 2 nitrogen and oxygen atoms in total. The highest BCUT2D eigenvalue weighted by Crippen LogP contribution is 2.33. The minimum Gasteiger partial charge on any atom is -0.358 e. The molecule has 0 unspecified atom stereocenters. The van der Waals surface area contributed by atoms with Crippen LogP contribution < -0.4 is 0 Å². The van der Waals surface area contributed by atoms with Crippen molar-refractivity contribution in [1.29, 1.82) is 0 Å². The Hall–Kier alpha value is -2.48. The fourth-order valence-electron chi connectivity index (χ4n) is 4.52. The van der Waals surface area contributed by atoms with Crippen molar-refractivity contribution in [3.05, 3.63) is 71.0 Å². The SMILES string of the molecule is CC(C)c1[nH]c2ccccc2c1C(C)C.CC(C)c1[nH]c2ccccc2c1C(C)C. The summed E-state index contributed by atoms with van der Waals surface area (Å²) in [5, 5.41) is 2.77. The molecule has 0 aliphatic heterocycles. The molecule has 2 N–H and O–H groups in total. The summed E-state index contributed by atoms with van der Waals surface area (Å²) in [6.45, 7) is 18.0. The highest BCUT2D eigenvalue weighted by Gasteiger charge is 2.16. The van der Waals surface area contributed by atoms with Crippen LogP contribution >= 0.6 is 0 Å². The van der Waals surface area contributed by atoms with Gasteiger partial charge < -0.3 is 9.97 Å². The van der Waals surface area contributed by atoms with E-state index in [1.165, 1.54) is 44.3 Å². The van der Waals surface area contributed by atoms with Gasteiger partial charge in [0.2, 0.25) is 0 Å². The van der Waals surface area contributed by atoms with Gasteiger partial charge in [-0.2, -0.15) is 0 Å². The van der Waals surface area contributed by atoms with E-state index < -0.39 is 0 Å². The maximum atomic E-state index is 3.54. The molecular weight excluding hydrogens is 364 g/mol. The summed E-state index contributed by atoms with van der Waals surface area (Å²) in [7, 11) is 0. The van der Waals surface area contributed by atoms with E-state index in [0.717, 1.165) is 0 Å². The lowest BCUT2D eigenvalue weighted by Crippen LogP contribution is -1.95. The van der Waals surface area contributed by atoms with Gasteiger partial charge in [0.15, 0.2) is 0 Å². The van der Waals surface area contributed by atoms with Crippen LogP contribution in [0.3, 0.4) is 0 Å². The van der Waals surface area contributed by atoms with E-state index in [1.54, 1.807) is 0 Å². The molecule has 0 aliphatic rings. The Balaban J connectivity index is 0.000000171. The average Bonchev–Trinajstić information content (AvgIpc) is 3.27. The van der Waals surface area contributed by atoms with Crippen LogP contribution in [0.4, 0.5) is 0 Å². The predicted molar refractivity (Wildman–Crippen MR) is 133 cm³/mol. The number of H-pyrrole nitrogens is 2. The molecule has 2 heteroatoms. The summed E-state index contributed by atoms with van der Waals surface area (Å²) >= 11 is 0. The van der Waals surface area contributed by atoms with E-state index in [2.05, 4.69) is 114 Å². The summed E-state index contributed by atoms with van der Waals surface area (Å²) in [5.41, 5.74) is 8.30. The third-order valence-corrected chi connectivity index (χ3v) is 5.86. The van der Waals surface area contributed by atoms with Gasteiger partial charge >= 0.3 is 0 Å². The smallest absolute Gasteiger partial charge is 0.0459 e. The summed E-state index contributed by atoms with van der Waals surface area (Å²) in [6, 6.07) is 17.2. The lowest BCUT2D eigenvalue weighted by molar-refractivity contribution is 0.778. The van der Waals surface area contributed by atoms with Gasteiger partial charge in [0.05, 0.1) is 0 Å². The molecule has 0 spiro atoms. The molecule has 0 radical (unpaired) electrons. The van der Waals surface area contributed by atoms with E-state index >= 15 is 0 Å². The molecule has 0 saturated carbocycles. The third kappa shape index (κ3) is 4.33. The van der Waals surface area contributed by atoms with Gasteiger partial charge in [0.1, 0.15) is 0 Å². The van der Waals surface area contributed by atoms with Gasteiger partial charge in [-0.05, 0) is 46.9 Å². The van der Waals surface area contributed by atoms with Crippen LogP contribution in [0.2, 0.25) is 0 Å². The molecule has 30 heavy (non-hydrogen) atoms. The number of aromatic amines is 2. The van der Waals surface area contributed by atoms with Crippen molar-refractivity contribution in [2.45, 2.75) is 79.1 Å². The van der Waals surface area contributed by atoms with Gasteiger partial charge in [-0.1, -0.05) is 91.8 Å². The van der Waals surface area contributed by atoms with E-state index in [9.17, 15) is 0 Å². The fraction of sp³-hybridized carbons (Fsp3) is 0.429. The quantitative estimate of drug-likeness (QED) is 0.342. The molecule has 4 rings (SSSR count). The van der Waals surface area contributed by atoms with Gasteiger partial charge in [-0.15, -0.1) is 0 Å². The van der Waals surface area contributed by atoms with Crippen LogP contribution in [-0.4, -0.2) is 9.97 Å². The number of hydrogen-bond acceptors (Lipinski definition) is 0. The molecule has 0 aliphatic carbocycles. The van der Waals surface area contributed by atoms with Crippen LogP contribution in [0.5, 0.6) is 0 Å². The molecule has 2 aromatic carbocycles. The first-order chi connectivity index (χ1) is 14.2. The maximum Gasteiger partial charge on any atom is 0.0459 e. The zero-order chi connectivity index (χ0) is 22.0. The number of nitrogens with one attached hydrogen (secondary N) is 2. The summed E-state index contributed by atoms with van der Waals surface area (Å²) in [6.07, 6.45) is 0. The molecule has 2 aromatic heterocycles. The lowest BCUT2D eigenvalue weighted by atomic mass is 9.95. The molecule has 0 bridgehead atoms. The minimum absolute atomic E-state index is 0.565. The van der Waals surface area contributed by atoms with Crippen molar-refractivity contribution in [3.63, 3.8) is 0 Å². The van der Waals surface area contributed by atoms with E-state index in [-0.39, 0.29) is 0 Å². The van der Waals surface area contributed by atoms with Crippen LogP contribution in [-0.2, 0) is 0 Å². The summed E-state index contributed by atoms with van der Waals surface area (Å²) in [5.74, 6) is 2.29. The van der Waals surface area contributed by atoms with Gasteiger partial charge in [0, 0.05) is 33.2 Å². The predicted octanol–water partition coefficient (Wildman–Crippen LogP) is 8.83. The number of fused-ring (bicyclic) bond motifs is 2.